The first-order valence-corrected chi connectivity index (χ1v) is 5.99. The summed E-state index contributed by atoms with van der Waals surface area (Å²) in [6.07, 6.45) is 0.267. The molecule has 92 valence electrons. The van der Waals surface area contributed by atoms with Crippen molar-refractivity contribution in [2.45, 2.75) is 32.4 Å². The molecule has 0 aliphatic carbocycles. The fraction of sp³-hybridized carbons (Fsp3) is 0.500. The molecule has 0 amide bonds. The molecular formula is C12H19BrClNO. The van der Waals surface area contributed by atoms with Crippen molar-refractivity contribution in [1.82, 2.24) is 0 Å². The quantitative estimate of drug-likeness (QED) is 0.896. The van der Waals surface area contributed by atoms with Gasteiger partial charge in [-0.05, 0) is 30.0 Å². The van der Waals surface area contributed by atoms with Crippen LogP contribution in [0.5, 0.6) is 0 Å². The van der Waals surface area contributed by atoms with Crippen LogP contribution in [0, 0.1) is 5.92 Å². The first-order valence-electron chi connectivity index (χ1n) is 5.20. The van der Waals surface area contributed by atoms with E-state index >= 15 is 0 Å². The summed E-state index contributed by atoms with van der Waals surface area (Å²) in [6, 6.07) is 7.48. The molecule has 0 bridgehead atoms. The molecule has 0 heterocycles. The molecule has 1 aromatic carbocycles. The maximum absolute atomic E-state index is 9.87. The molecule has 0 saturated heterocycles. The van der Waals surface area contributed by atoms with Gasteiger partial charge in [-0.3, -0.25) is 0 Å². The Morgan fingerprint density at radius 3 is 2.19 bits per heavy atom. The van der Waals surface area contributed by atoms with Gasteiger partial charge in [-0.15, -0.1) is 12.4 Å². The van der Waals surface area contributed by atoms with Gasteiger partial charge in [0.05, 0.1) is 12.1 Å². The number of halogens is 2. The Bertz CT molecular complexity index is 302. The van der Waals surface area contributed by atoms with Gasteiger partial charge in [0.15, 0.2) is 0 Å². The largest absolute Gasteiger partial charge is 0.391 e. The Morgan fingerprint density at radius 1 is 1.25 bits per heavy atom. The third kappa shape index (κ3) is 4.83. The van der Waals surface area contributed by atoms with Crippen LogP contribution >= 0.6 is 28.3 Å². The highest BCUT2D eigenvalue weighted by molar-refractivity contribution is 9.10. The van der Waals surface area contributed by atoms with Crippen LogP contribution in [0.2, 0.25) is 0 Å². The summed E-state index contributed by atoms with van der Waals surface area (Å²) in [5, 5.41) is 9.87. The zero-order chi connectivity index (χ0) is 11.4. The van der Waals surface area contributed by atoms with Crippen molar-refractivity contribution in [2.75, 3.05) is 0 Å². The van der Waals surface area contributed by atoms with Crippen LogP contribution in [0.4, 0.5) is 0 Å². The van der Waals surface area contributed by atoms with Gasteiger partial charge in [-0.25, -0.2) is 0 Å². The van der Waals surface area contributed by atoms with Crippen LogP contribution in [-0.2, 0) is 0 Å². The van der Waals surface area contributed by atoms with Crippen molar-refractivity contribution in [2.24, 2.45) is 11.7 Å². The monoisotopic (exact) mass is 307 g/mol. The van der Waals surface area contributed by atoms with Gasteiger partial charge >= 0.3 is 0 Å². The van der Waals surface area contributed by atoms with Gasteiger partial charge in [0.1, 0.15) is 0 Å². The number of hydrogen-bond donors (Lipinski definition) is 2. The number of aliphatic hydroxyl groups excluding tert-OH is 1. The SMILES string of the molecule is CC(C)C[C@H](O)[C@H](N)c1ccc(Br)cc1.Cl. The van der Waals surface area contributed by atoms with Crippen molar-refractivity contribution in [3.05, 3.63) is 34.3 Å². The minimum atomic E-state index is -0.467. The summed E-state index contributed by atoms with van der Waals surface area (Å²) in [7, 11) is 0. The molecule has 0 saturated carbocycles. The molecule has 3 N–H and O–H groups in total. The Balaban J connectivity index is 0.00000225. The molecule has 0 radical (unpaired) electrons. The molecular weight excluding hydrogens is 289 g/mol. The summed E-state index contributed by atoms with van der Waals surface area (Å²) >= 11 is 3.37. The van der Waals surface area contributed by atoms with Crippen molar-refractivity contribution >= 4 is 28.3 Å². The van der Waals surface area contributed by atoms with Gasteiger partial charge in [0.2, 0.25) is 0 Å². The highest BCUT2D eigenvalue weighted by atomic mass is 79.9. The van der Waals surface area contributed by atoms with E-state index in [9.17, 15) is 5.11 Å². The Morgan fingerprint density at radius 2 is 1.75 bits per heavy atom. The molecule has 2 atom stereocenters. The highest BCUT2D eigenvalue weighted by Gasteiger charge is 2.17. The molecule has 2 nitrogen and oxygen atoms in total. The lowest BCUT2D eigenvalue weighted by molar-refractivity contribution is 0.121. The van der Waals surface area contributed by atoms with Crippen LogP contribution in [-0.4, -0.2) is 11.2 Å². The fourth-order valence-electron chi connectivity index (χ4n) is 1.54. The van der Waals surface area contributed by atoms with Crippen molar-refractivity contribution in [1.29, 1.82) is 0 Å². The molecule has 0 aromatic heterocycles. The Labute approximate surface area is 112 Å². The average molecular weight is 309 g/mol. The van der Waals surface area contributed by atoms with Gasteiger partial charge < -0.3 is 10.8 Å². The van der Waals surface area contributed by atoms with E-state index < -0.39 is 6.10 Å². The first-order chi connectivity index (χ1) is 7.00. The molecule has 0 aliphatic rings. The number of benzene rings is 1. The first kappa shape index (κ1) is 15.9. The Kier molecular flexibility index (Phi) is 7.24. The van der Waals surface area contributed by atoms with Crippen LogP contribution in [0.15, 0.2) is 28.7 Å². The van der Waals surface area contributed by atoms with E-state index in [1.165, 1.54) is 0 Å². The second-order valence-corrected chi connectivity index (χ2v) is 5.19. The molecule has 1 aromatic rings. The second kappa shape index (κ2) is 7.28. The van der Waals surface area contributed by atoms with Crippen molar-refractivity contribution < 1.29 is 5.11 Å². The van der Waals surface area contributed by atoms with E-state index in [0.29, 0.717) is 5.92 Å². The topological polar surface area (TPSA) is 46.2 Å². The summed E-state index contributed by atoms with van der Waals surface area (Å²) in [4.78, 5) is 0. The van der Waals surface area contributed by atoms with Gasteiger partial charge in [-0.2, -0.15) is 0 Å². The third-order valence-electron chi connectivity index (χ3n) is 2.38. The molecule has 0 aliphatic heterocycles. The number of nitrogens with two attached hydrogens (primary N) is 1. The van der Waals surface area contributed by atoms with Crippen LogP contribution < -0.4 is 5.73 Å². The molecule has 4 heteroatoms. The number of rotatable bonds is 4. The predicted octanol–water partition coefficient (Wildman–Crippen LogP) is 3.28. The second-order valence-electron chi connectivity index (χ2n) is 4.27. The van der Waals surface area contributed by atoms with E-state index in [4.69, 9.17) is 5.73 Å². The maximum atomic E-state index is 9.87. The summed E-state index contributed by atoms with van der Waals surface area (Å²) < 4.78 is 1.02. The molecule has 0 fully saturated rings. The zero-order valence-electron chi connectivity index (χ0n) is 9.56. The summed E-state index contributed by atoms with van der Waals surface area (Å²) in [6.45, 7) is 4.16. The van der Waals surface area contributed by atoms with Gasteiger partial charge in [0.25, 0.3) is 0 Å². The standard InChI is InChI=1S/C12H18BrNO.ClH/c1-8(2)7-11(15)12(14)9-3-5-10(13)6-4-9;/h3-6,8,11-12,15H,7,14H2,1-2H3;1H/t11-,12+;/m0./s1. The molecule has 0 spiro atoms. The van der Waals surface area contributed by atoms with E-state index in [1.807, 2.05) is 24.3 Å². The van der Waals surface area contributed by atoms with E-state index in [0.717, 1.165) is 16.5 Å². The van der Waals surface area contributed by atoms with Crippen molar-refractivity contribution in [3.63, 3.8) is 0 Å². The summed E-state index contributed by atoms with van der Waals surface area (Å²) in [5.74, 6) is 0.460. The lowest BCUT2D eigenvalue weighted by atomic mass is 9.95. The Hall–Kier alpha value is -0.0900. The molecule has 1 rings (SSSR count). The minimum Gasteiger partial charge on any atom is -0.391 e. The van der Waals surface area contributed by atoms with E-state index in [2.05, 4.69) is 29.8 Å². The fourth-order valence-corrected chi connectivity index (χ4v) is 1.80. The number of aliphatic hydroxyl groups is 1. The summed E-state index contributed by atoms with van der Waals surface area (Å²) in [5.41, 5.74) is 6.95. The molecule has 0 unspecified atom stereocenters. The highest BCUT2D eigenvalue weighted by Crippen LogP contribution is 2.21. The lowest BCUT2D eigenvalue weighted by Gasteiger charge is -2.20. The predicted molar refractivity (Wildman–Crippen MR) is 73.8 cm³/mol. The van der Waals surface area contributed by atoms with Gasteiger partial charge in [0, 0.05) is 4.47 Å². The number of hydrogen-bond acceptors (Lipinski definition) is 2. The van der Waals surface area contributed by atoms with Gasteiger partial charge in [-0.1, -0.05) is 41.9 Å². The molecule has 16 heavy (non-hydrogen) atoms. The van der Waals surface area contributed by atoms with E-state index in [1.54, 1.807) is 0 Å². The van der Waals surface area contributed by atoms with Crippen molar-refractivity contribution in [3.8, 4) is 0 Å². The zero-order valence-corrected chi connectivity index (χ0v) is 12.0. The maximum Gasteiger partial charge on any atom is 0.0735 e. The van der Waals surface area contributed by atoms with Crippen LogP contribution in [0.1, 0.15) is 31.9 Å². The van der Waals surface area contributed by atoms with Crippen LogP contribution in [0.25, 0.3) is 0 Å². The normalized spacial score (nSPS) is 14.4. The smallest absolute Gasteiger partial charge is 0.0735 e. The third-order valence-corrected chi connectivity index (χ3v) is 2.91. The van der Waals surface area contributed by atoms with Crippen LogP contribution in [0.3, 0.4) is 0 Å². The lowest BCUT2D eigenvalue weighted by Crippen LogP contribution is -2.27. The average Bonchev–Trinajstić information content (AvgIpc) is 2.17. The van der Waals surface area contributed by atoms with E-state index in [-0.39, 0.29) is 18.4 Å². The minimum absolute atomic E-state index is 0.